The highest BCUT2D eigenvalue weighted by Gasteiger charge is 2.22. The topological polar surface area (TPSA) is 68.7 Å². The molecule has 1 aromatic carbocycles. The highest BCUT2D eigenvalue weighted by molar-refractivity contribution is 7.15. The average Bonchev–Trinajstić information content (AvgIpc) is 2.90. The summed E-state index contributed by atoms with van der Waals surface area (Å²) in [5.41, 5.74) is 0.754. The number of para-hydroxylation sites is 1. The lowest BCUT2D eigenvalue weighted by Gasteiger charge is -2.11. The van der Waals surface area contributed by atoms with E-state index in [0.29, 0.717) is 21.9 Å². The summed E-state index contributed by atoms with van der Waals surface area (Å²) in [7, 11) is 3.09. The van der Waals surface area contributed by atoms with Crippen molar-refractivity contribution in [1.29, 1.82) is 0 Å². The van der Waals surface area contributed by atoms with Crippen molar-refractivity contribution >= 4 is 17.3 Å². The number of carbonyl (C=O) groups is 1. The lowest BCUT2D eigenvalue weighted by Crippen LogP contribution is -2.00. The summed E-state index contributed by atoms with van der Waals surface area (Å²) >= 11 is 1.39. The summed E-state index contributed by atoms with van der Waals surface area (Å²) in [6.45, 7) is 2.04. The molecule has 1 heterocycles. The van der Waals surface area contributed by atoms with Crippen molar-refractivity contribution in [3.8, 4) is 21.9 Å². The van der Waals surface area contributed by atoms with Gasteiger partial charge in [-0.2, -0.15) is 0 Å². The average molecular weight is 307 g/mol. The van der Waals surface area contributed by atoms with Crippen molar-refractivity contribution in [2.75, 3.05) is 14.2 Å². The van der Waals surface area contributed by atoms with Crippen LogP contribution < -0.4 is 9.47 Å². The zero-order chi connectivity index (χ0) is 15.4. The Morgan fingerprint density at radius 2 is 2.10 bits per heavy atom. The van der Waals surface area contributed by atoms with Crippen LogP contribution in [-0.4, -0.2) is 30.3 Å². The van der Waals surface area contributed by atoms with Gasteiger partial charge in [0.2, 0.25) is 0 Å². The van der Waals surface area contributed by atoms with Crippen LogP contribution >= 0.6 is 11.3 Å². The highest BCUT2D eigenvalue weighted by Crippen LogP contribution is 2.42. The number of nitrogens with zero attached hydrogens (tertiary/aromatic N) is 1. The number of carboxylic acids is 1. The molecule has 0 spiro atoms. The van der Waals surface area contributed by atoms with E-state index in [-0.39, 0.29) is 5.69 Å². The maximum atomic E-state index is 11.4. The monoisotopic (exact) mass is 307 g/mol. The Morgan fingerprint density at radius 1 is 1.33 bits per heavy atom. The number of aromatic carboxylic acids is 1. The van der Waals surface area contributed by atoms with E-state index in [9.17, 15) is 9.90 Å². The van der Waals surface area contributed by atoms with Gasteiger partial charge in [-0.05, 0) is 25.0 Å². The Balaban J connectivity index is 2.63. The molecule has 2 rings (SSSR count). The van der Waals surface area contributed by atoms with Crippen LogP contribution in [0, 0.1) is 0 Å². The lowest BCUT2D eigenvalue weighted by molar-refractivity contribution is 0.0692. The summed E-state index contributed by atoms with van der Waals surface area (Å²) in [5.74, 6) is 0.0551. The van der Waals surface area contributed by atoms with Gasteiger partial charge < -0.3 is 14.6 Å². The zero-order valence-electron chi connectivity index (χ0n) is 12.2. The number of aromatic nitrogens is 1. The van der Waals surface area contributed by atoms with Crippen LogP contribution in [-0.2, 0) is 6.42 Å². The molecule has 0 unspecified atom stereocenters. The number of ether oxygens (including phenoxy) is 2. The first-order valence-corrected chi connectivity index (χ1v) is 7.38. The molecular weight excluding hydrogens is 290 g/mol. The second kappa shape index (κ2) is 6.58. The molecular formula is C15H17NO4S. The number of carboxylic acid groups (broad SMARTS) is 1. The summed E-state index contributed by atoms with van der Waals surface area (Å²) in [4.78, 5) is 16.3. The third-order valence-corrected chi connectivity index (χ3v) is 4.13. The van der Waals surface area contributed by atoms with E-state index in [1.165, 1.54) is 18.4 Å². The van der Waals surface area contributed by atoms with Gasteiger partial charge in [-0.25, -0.2) is 9.78 Å². The van der Waals surface area contributed by atoms with Crippen LogP contribution in [0.5, 0.6) is 11.5 Å². The first-order valence-electron chi connectivity index (χ1n) is 6.56. The van der Waals surface area contributed by atoms with E-state index >= 15 is 0 Å². The number of rotatable bonds is 6. The Bertz CT molecular complexity index is 651. The fourth-order valence-corrected chi connectivity index (χ4v) is 3.26. The number of hydrogen-bond acceptors (Lipinski definition) is 5. The second-order valence-electron chi connectivity index (χ2n) is 4.38. The van der Waals surface area contributed by atoms with Gasteiger partial charge in [0.1, 0.15) is 0 Å². The molecule has 0 saturated heterocycles. The molecule has 1 aromatic heterocycles. The largest absolute Gasteiger partial charge is 0.493 e. The van der Waals surface area contributed by atoms with E-state index in [1.807, 2.05) is 19.1 Å². The Hall–Kier alpha value is -2.08. The Kier molecular flexibility index (Phi) is 4.80. The smallest absolute Gasteiger partial charge is 0.356 e. The van der Waals surface area contributed by atoms with Gasteiger partial charge >= 0.3 is 5.97 Å². The standard InChI is InChI=1S/C15H17NO4S/c1-4-6-11-16-12(15(17)18)14(21-11)9-7-5-8-10(19-2)13(9)20-3/h5,7-8H,4,6H2,1-3H3,(H,17,18). The molecule has 0 atom stereocenters. The fourth-order valence-electron chi connectivity index (χ4n) is 2.08. The van der Waals surface area contributed by atoms with E-state index in [4.69, 9.17) is 9.47 Å². The van der Waals surface area contributed by atoms with Crippen molar-refractivity contribution in [2.24, 2.45) is 0 Å². The van der Waals surface area contributed by atoms with Crippen molar-refractivity contribution in [1.82, 2.24) is 4.98 Å². The maximum absolute atomic E-state index is 11.4. The predicted molar refractivity (Wildman–Crippen MR) is 81.6 cm³/mol. The van der Waals surface area contributed by atoms with Crippen molar-refractivity contribution in [3.63, 3.8) is 0 Å². The molecule has 6 heteroatoms. The van der Waals surface area contributed by atoms with Crippen molar-refractivity contribution in [3.05, 3.63) is 28.9 Å². The molecule has 0 aliphatic carbocycles. The van der Waals surface area contributed by atoms with Crippen LogP contribution in [0.25, 0.3) is 10.4 Å². The van der Waals surface area contributed by atoms with Crippen molar-refractivity contribution in [2.45, 2.75) is 19.8 Å². The minimum Gasteiger partial charge on any atom is -0.493 e. The van der Waals surface area contributed by atoms with E-state index in [2.05, 4.69) is 4.98 Å². The number of aryl methyl sites for hydroxylation is 1. The van der Waals surface area contributed by atoms with E-state index in [1.54, 1.807) is 13.2 Å². The van der Waals surface area contributed by atoms with Gasteiger partial charge in [-0.1, -0.05) is 13.0 Å². The van der Waals surface area contributed by atoms with E-state index < -0.39 is 5.97 Å². The first-order chi connectivity index (χ1) is 10.1. The van der Waals surface area contributed by atoms with Crippen LogP contribution in [0.2, 0.25) is 0 Å². The highest BCUT2D eigenvalue weighted by atomic mass is 32.1. The SMILES string of the molecule is CCCc1nc(C(=O)O)c(-c2cccc(OC)c2OC)s1. The summed E-state index contributed by atoms with van der Waals surface area (Å²) in [6.07, 6.45) is 1.68. The summed E-state index contributed by atoms with van der Waals surface area (Å²) in [5, 5.41) is 10.2. The van der Waals surface area contributed by atoms with Gasteiger partial charge in [0.15, 0.2) is 17.2 Å². The van der Waals surface area contributed by atoms with Crippen molar-refractivity contribution < 1.29 is 19.4 Å². The molecule has 0 fully saturated rings. The quantitative estimate of drug-likeness (QED) is 0.885. The first kappa shape index (κ1) is 15.3. The molecule has 0 amide bonds. The molecule has 21 heavy (non-hydrogen) atoms. The normalized spacial score (nSPS) is 10.4. The van der Waals surface area contributed by atoms with Crippen LogP contribution in [0.4, 0.5) is 0 Å². The molecule has 0 radical (unpaired) electrons. The number of thiazole rings is 1. The minimum atomic E-state index is -1.03. The molecule has 0 bridgehead atoms. The Morgan fingerprint density at radius 3 is 2.67 bits per heavy atom. The van der Waals surface area contributed by atoms with Crippen LogP contribution in [0.3, 0.4) is 0 Å². The molecule has 1 N–H and O–H groups in total. The van der Waals surface area contributed by atoms with Gasteiger partial charge in [-0.15, -0.1) is 11.3 Å². The van der Waals surface area contributed by atoms with Crippen LogP contribution in [0.15, 0.2) is 18.2 Å². The van der Waals surface area contributed by atoms with Gasteiger partial charge in [0.25, 0.3) is 0 Å². The molecule has 0 aliphatic heterocycles. The summed E-state index contributed by atoms with van der Waals surface area (Å²) in [6, 6.07) is 5.40. The summed E-state index contributed by atoms with van der Waals surface area (Å²) < 4.78 is 10.7. The maximum Gasteiger partial charge on any atom is 0.356 e. The number of benzene rings is 1. The third kappa shape index (κ3) is 3.00. The molecule has 112 valence electrons. The molecule has 5 nitrogen and oxygen atoms in total. The van der Waals surface area contributed by atoms with Gasteiger partial charge in [0.05, 0.1) is 24.1 Å². The number of hydrogen-bond donors (Lipinski definition) is 1. The number of methoxy groups -OCH3 is 2. The zero-order valence-corrected chi connectivity index (χ0v) is 13.0. The predicted octanol–water partition coefficient (Wildman–Crippen LogP) is 3.48. The minimum absolute atomic E-state index is 0.0648. The second-order valence-corrected chi connectivity index (χ2v) is 5.47. The fraction of sp³-hybridized carbons (Fsp3) is 0.333. The van der Waals surface area contributed by atoms with Gasteiger partial charge in [0, 0.05) is 5.56 Å². The molecule has 0 saturated carbocycles. The Labute approximate surface area is 127 Å². The van der Waals surface area contributed by atoms with E-state index in [0.717, 1.165) is 17.8 Å². The molecule has 2 aromatic rings. The lowest BCUT2D eigenvalue weighted by atomic mass is 10.1. The van der Waals surface area contributed by atoms with Gasteiger partial charge in [-0.3, -0.25) is 0 Å². The van der Waals surface area contributed by atoms with Crippen LogP contribution in [0.1, 0.15) is 28.8 Å². The molecule has 0 aliphatic rings. The third-order valence-electron chi connectivity index (χ3n) is 2.99.